The van der Waals surface area contributed by atoms with Crippen LogP contribution in [0.25, 0.3) is 0 Å². The Kier molecular flexibility index (Phi) is 2.15. The zero-order valence-electron chi connectivity index (χ0n) is 8.12. The summed E-state index contributed by atoms with van der Waals surface area (Å²) in [6.07, 6.45) is 0.615. The largest absolute Gasteiger partial charge is 0.454 e. The molecular weight excluding hydrogens is 177 g/mol. The van der Waals surface area contributed by atoms with Crippen molar-refractivity contribution in [2.24, 2.45) is 5.73 Å². The lowest BCUT2D eigenvalue weighted by atomic mass is 9.76. The van der Waals surface area contributed by atoms with E-state index in [9.17, 15) is 0 Å². The first-order valence-electron chi connectivity index (χ1n) is 4.51. The molecule has 4 heteroatoms. The molecule has 2 N–H and O–H groups in total. The van der Waals surface area contributed by atoms with Gasteiger partial charge in [0.2, 0.25) is 6.79 Å². The molecule has 2 radical (unpaired) electrons. The molecule has 1 atom stereocenters. The second-order valence-corrected chi connectivity index (χ2v) is 3.87. The highest BCUT2D eigenvalue weighted by molar-refractivity contribution is 6.14. The molecule has 1 unspecified atom stereocenters. The van der Waals surface area contributed by atoms with Gasteiger partial charge in [0.05, 0.1) is 7.85 Å². The van der Waals surface area contributed by atoms with Crippen molar-refractivity contribution in [1.29, 1.82) is 0 Å². The highest BCUT2D eigenvalue weighted by atomic mass is 16.7. The van der Waals surface area contributed by atoms with E-state index < -0.39 is 5.44 Å². The summed E-state index contributed by atoms with van der Waals surface area (Å²) in [7, 11) is 5.72. The second kappa shape index (κ2) is 3.21. The van der Waals surface area contributed by atoms with E-state index in [0.29, 0.717) is 13.2 Å². The molecule has 1 heterocycles. The van der Waals surface area contributed by atoms with Crippen LogP contribution in [0.1, 0.15) is 12.5 Å². The molecule has 0 amide bonds. The van der Waals surface area contributed by atoms with Crippen molar-refractivity contribution in [3.63, 3.8) is 0 Å². The Balaban J connectivity index is 2.21. The van der Waals surface area contributed by atoms with Crippen molar-refractivity contribution < 1.29 is 9.47 Å². The molecule has 2 rings (SSSR count). The van der Waals surface area contributed by atoms with Gasteiger partial charge in [-0.05, 0) is 29.6 Å². The molecule has 0 aliphatic carbocycles. The van der Waals surface area contributed by atoms with Crippen molar-refractivity contribution in [2.75, 3.05) is 6.79 Å². The first-order chi connectivity index (χ1) is 6.54. The second-order valence-electron chi connectivity index (χ2n) is 3.87. The normalized spacial score (nSPS) is 17.9. The maximum atomic E-state index is 5.72. The molecule has 1 aromatic carbocycles. The fourth-order valence-electron chi connectivity index (χ4n) is 1.49. The van der Waals surface area contributed by atoms with Crippen LogP contribution in [0.2, 0.25) is 0 Å². The lowest BCUT2D eigenvalue weighted by Crippen LogP contribution is -2.38. The van der Waals surface area contributed by atoms with E-state index in [2.05, 4.69) is 0 Å². The number of benzene rings is 1. The van der Waals surface area contributed by atoms with E-state index in [1.807, 2.05) is 18.2 Å². The smallest absolute Gasteiger partial charge is 0.231 e. The molecule has 1 aliphatic heterocycles. The van der Waals surface area contributed by atoms with Gasteiger partial charge in [-0.2, -0.15) is 0 Å². The van der Waals surface area contributed by atoms with Crippen LogP contribution in [0.15, 0.2) is 18.2 Å². The van der Waals surface area contributed by atoms with Crippen LogP contribution in [0.3, 0.4) is 0 Å². The van der Waals surface area contributed by atoms with Gasteiger partial charge < -0.3 is 15.2 Å². The van der Waals surface area contributed by atoms with Crippen LogP contribution < -0.4 is 15.2 Å². The molecule has 0 fully saturated rings. The Bertz CT molecular complexity index is 346. The Morgan fingerprint density at radius 3 is 2.86 bits per heavy atom. The molecule has 1 aliphatic rings. The van der Waals surface area contributed by atoms with E-state index >= 15 is 0 Å². The predicted molar refractivity (Wildman–Crippen MR) is 54.6 cm³/mol. The summed E-state index contributed by atoms with van der Waals surface area (Å²) >= 11 is 0. The maximum absolute atomic E-state index is 5.72. The minimum absolute atomic E-state index is 0.293. The number of fused-ring (bicyclic) bond motifs is 1. The first kappa shape index (κ1) is 9.40. The molecule has 0 saturated heterocycles. The van der Waals surface area contributed by atoms with Crippen LogP contribution in [0, 0.1) is 0 Å². The molecule has 0 spiro atoms. The van der Waals surface area contributed by atoms with Crippen LogP contribution >= 0.6 is 0 Å². The summed E-state index contributed by atoms with van der Waals surface area (Å²) in [4.78, 5) is 0. The number of hydrogen-bond acceptors (Lipinski definition) is 3. The van der Waals surface area contributed by atoms with Gasteiger partial charge in [-0.3, -0.25) is 0 Å². The van der Waals surface area contributed by atoms with Gasteiger partial charge in [0, 0.05) is 0 Å². The van der Waals surface area contributed by atoms with Crippen LogP contribution in [0.4, 0.5) is 0 Å². The summed E-state index contributed by atoms with van der Waals surface area (Å²) in [5, 5.41) is 0. The SMILES string of the molecule is [B]C(C)(N)Cc1ccc2c(c1)OCO2. The zero-order chi connectivity index (χ0) is 10.2. The van der Waals surface area contributed by atoms with E-state index in [1.54, 1.807) is 6.92 Å². The number of nitrogens with two attached hydrogens (primary N) is 1. The van der Waals surface area contributed by atoms with E-state index in [4.69, 9.17) is 23.1 Å². The zero-order valence-corrected chi connectivity index (χ0v) is 8.12. The van der Waals surface area contributed by atoms with Crippen molar-refractivity contribution in [2.45, 2.75) is 18.8 Å². The number of ether oxygens (including phenoxy) is 2. The molecule has 14 heavy (non-hydrogen) atoms. The third-order valence-electron chi connectivity index (χ3n) is 2.02. The van der Waals surface area contributed by atoms with Crippen LogP contribution in [-0.4, -0.2) is 20.1 Å². The molecule has 72 valence electrons. The van der Waals surface area contributed by atoms with Crippen molar-refractivity contribution in [3.05, 3.63) is 23.8 Å². The molecule has 0 bridgehead atoms. The number of rotatable bonds is 2. The Morgan fingerprint density at radius 1 is 1.43 bits per heavy atom. The molecule has 1 aromatic rings. The van der Waals surface area contributed by atoms with Gasteiger partial charge in [0.25, 0.3) is 0 Å². The Hall–Kier alpha value is -1.16. The molecule has 0 aromatic heterocycles. The maximum Gasteiger partial charge on any atom is 0.231 e. The van der Waals surface area contributed by atoms with Gasteiger partial charge >= 0.3 is 0 Å². The van der Waals surface area contributed by atoms with E-state index in [1.165, 1.54) is 0 Å². The highest BCUT2D eigenvalue weighted by Crippen LogP contribution is 2.32. The Morgan fingerprint density at radius 2 is 2.14 bits per heavy atom. The summed E-state index contributed by atoms with van der Waals surface area (Å²) in [6, 6.07) is 5.75. The minimum atomic E-state index is -0.687. The number of hydrogen-bond donors (Lipinski definition) is 1. The van der Waals surface area contributed by atoms with Gasteiger partial charge in [0.15, 0.2) is 11.5 Å². The van der Waals surface area contributed by atoms with Crippen LogP contribution in [0.5, 0.6) is 11.5 Å². The summed E-state index contributed by atoms with van der Waals surface area (Å²) in [5.41, 5.74) is 6.09. The van der Waals surface area contributed by atoms with Gasteiger partial charge in [-0.1, -0.05) is 13.0 Å². The fraction of sp³-hybridized carbons (Fsp3) is 0.400. The monoisotopic (exact) mass is 189 g/mol. The minimum Gasteiger partial charge on any atom is -0.454 e. The molecule has 0 saturated carbocycles. The summed E-state index contributed by atoms with van der Waals surface area (Å²) in [5.74, 6) is 1.55. The third kappa shape index (κ3) is 2.01. The topological polar surface area (TPSA) is 44.5 Å². The molecular formula is C10H12BNO2. The van der Waals surface area contributed by atoms with Crippen molar-refractivity contribution in [1.82, 2.24) is 0 Å². The predicted octanol–water partition coefficient (Wildman–Crippen LogP) is 0.801. The highest BCUT2D eigenvalue weighted by Gasteiger charge is 2.16. The van der Waals surface area contributed by atoms with Crippen molar-refractivity contribution >= 4 is 7.85 Å². The third-order valence-corrected chi connectivity index (χ3v) is 2.02. The van der Waals surface area contributed by atoms with Gasteiger partial charge in [-0.15, -0.1) is 0 Å². The van der Waals surface area contributed by atoms with Crippen LogP contribution in [-0.2, 0) is 6.42 Å². The Labute approximate surface area is 84.6 Å². The first-order valence-corrected chi connectivity index (χ1v) is 4.51. The average molecular weight is 189 g/mol. The van der Waals surface area contributed by atoms with Crippen molar-refractivity contribution in [3.8, 4) is 11.5 Å². The summed E-state index contributed by atoms with van der Waals surface area (Å²) in [6.45, 7) is 2.08. The summed E-state index contributed by atoms with van der Waals surface area (Å²) < 4.78 is 10.4. The molecule has 3 nitrogen and oxygen atoms in total. The van der Waals surface area contributed by atoms with E-state index in [-0.39, 0.29) is 0 Å². The van der Waals surface area contributed by atoms with E-state index in [0.717, 1.165) is 17.1 Å². The quantitative estimate of drug-likeness (QED) is 0.699. The standard InChI is InChI=1S/C10H12BNO2/c1-10(11,12)5-7-2-3-8-9(4-7)14-6-13-8/h2-4H,5-6,12H2,1H3. The average Bonchev–Trinajstić information content (AvgIpc) is 2.47. The lowest BCUT2D eigenvalue weighted by molar-refractivity contribution is 0.174. The lowest BCUT2D eigenvalue weighted by Gasteiger charge is -2.18. The van der Waals surface area contributed by atoms with Gasteiger partial charge in [-0.25, -0.2) is 0 Å². The van der Waals surface area contributed by atoms with Gasteiger partial charge in [0.1, 0.15) is 0 Å². The fourth-order valence-corrected chi connectivity index (χ4v) is 1.49.